The highest BCUT2D eigenvalue weighted by molar-refractivity contribution is 8.26. The third-order valence-corrected chi connectivity index (χ3v) is 7.53. The average molecular weight is 518 g/mol. The molecule has 2 aliphatic rings. The van der Waals surface area contributed by atoms with Crippen molar-refractivity contribution in [3.05, 3.63) is 83.4 Å². The van der Waals surface area contributed by atoms with Gasteiger partial charge >= 0.3 is 0 Å². The van der Waals surface area contributed by atoms with Gasteiger partial charge in [-0.3, -0.25) is 9.69 Å². The van der Waals surface area contributed by atoms with E-state index < -0.39 is 0 Å². The van der Waals surface area contributed by atoms with Gasteiger partial charge in [0.1, 0.15) is 22.4 Å². The van der Waals surface area contributed by atoms with Gasteiger partial charge in [-0.2, -0.15) is 5.10 Å². The molecule has 5 rings (SSSR count). The average Bonchev–Trinajstić information content (AvgIpc) is 3.61. The number of rotatable bonds is 8. The van der Waals surface area contributed by atoms with Crippen molar-refractivity contribution in [1.82, 2.24) is 14.7 Å². The summed E-state index contributed by atoms with van der Waals surface area (Å²) in [5, 5.41) is 4.92. The third kappa shape index (κ3) is 5.16. The maximum atomic E-state index is 13.3. The number of aryl methyl sites for hydroxylation is 1. The van der Waals surface area contributed by atoms with Crippen LogP contribution < -0.4 is 4.74 Å². The molecule has 184 valence electrons. The summed E-state index contributed by atoms with van der Waals surface area (Å²) in [5.41, 5.74) is 4.57. The summed E-state index contributed by atoms with van der Waals surface area (Å²) < 4.78 is 13.8. The largest absolute Gasteiger partial charge is 0.490 e. The van der Waals surface area contributed by atoms with Crippen LogP contribution in [0.2, 0.25) is 0 Å². The van der Waals surface area contributed by atoms with Crippen LogP contribution in [0.15, 0.2) is 72.3 Å². The number of carbonyl (C=O) groups excluding carboxylic acids is 1. The van der Waals surface area contributed by atoms with Crippen LogP contribution >= 0.6 is 24.0 Å². The number of amides is 1. The molecule has 1 aromatic heterocycles. The number of carbonyl (C=O) groups is 1. The monoisotopic (exact) mass is 517 g/mol. The number of hydrogen-bond acceptors (Lipinski definition) is 6. The molecule has 2 aliphatic heterocycles. The normalized spacial score (nSPS) is 18.9. The van der Waals surface area contributed by atoms with Crippen LogP contribution in [0.1, 0.15) is 24.0 Å². The predicted molar refractivity (Wildman–Crippen MR) is 148 cm³/mol. The van der Waals surface area contributed by atoms with Gasteiger partial charge in [0.15, 0.2) is 0 Å². The maximum Gasteiger partial charge on any atom is 0.266 e. The SMILES string of the molecule is C=CCOc1ccc(-c2nn(-c3ccccc3)cc2/C=C2\SC(=S)N(CC3CCCO3)C2=O)c(C)c1. The highest BCUT2D eigenvalue weighted by atomic mass is 32.2. The second-order valence-corrected chi connectivity index (χ2v) is 10.4. The Morgan fingerprint density at radius 2 is 2.11 bits per heavy atom. The number of benzene rings is 2. The summed E-state index contributed by atoms with van der Waals surface area (Å²) in [6.45, 7) is 7.43. The van der Waals surface area contributed by atoms with Gasteiger partial charge in [0.05, 0.1) is 23.2 Å². The summed E-state index contributed by atoms with van der Waals surface area (Å²) in [6.07, 6.45) is 7.60. The summed E-state index contributed by atoms with van der Waals surface area (Å²) in [5.74, 6) is 0.694. The zero-order chi connectivity index (χ0) is 25.1. The van der Waals surface area contributed by atoms with Crippen LogP contribution in [0, 0.1) is 6.92 Å². The first-order chi connectivity index (χ1) is 17.5. The molecule has 6 nitrogen and oxygen atoms in total. The molecule has 3 heterocycles. The summed E-state index contributed by atoms with van der Waals surface area (Å²) in [7, 11) is 0. The lowest BCUT2D eigenvalue weighted by molar-refractivity contribution is -0.123. The quantitative estimate of drug-likeness (QED) is 0.214. The molecule has 1 amide bonds. The molecule has 2 aromatic carbocycles. The zero-order valence-corrected chi connectivity index (χ0v) is 21.7. The Kier molecular flexibility index (Phi) is 7.36. The molecule has 0 aliphatic carbocycles. The lowest BCUT2D eigenvalue weighted by atomic mass is 10.0. The Labute approximate surface area is 220 Å². The van der Waals surface area contributed by atoms with E-state index in [4.69, 9.17) is 26.8 Å². The Hall–Kier alpha value is -3.20. The lowest BCUT2D eigenvalue weighted by Crippen LogP contribution is -2.35. The number of para-hydroxylation sites is 1. The Balaban J connectivity index is 1.51. The Bertz CT molecular complexity index is 1330. The fraction of sp³-hybridized carbons (Fsp3) is 0.250. The number of thioether (sulfide) groups is 1. The van der Waals surface area contributed by atoms with E-state index in [2.05, 4.69) is 6.58 Å². The van der Waals surface area contributed by atoms with Gasteiger partial charge in [0, 0.05) is 23.9 Å². The third-order valence-electron chi connectivity index (χ3n) is 6.15. The molecule has 0 saturated carbocycles. The molecule has 3 aromatic rings. The van der Waals surface area contributed by atoms with Crippen molar-refractivity contribution < 1.29 is 14.3 Å². The first-order valence-electron chi connectivity index (χ1n) is 11.9. The minimum atomic E-state index is -0.0798. The van der Waals surface area contributed by atoms with Crippen LogP contribution in [0.4, 0.5) is 0 Å². The van der Waals surface area contributed by atoms with Gasteiger partial charge in [-0.1, -0.05) is 54.8 Å². The molecule has 1 unspecified atom stereocenters. The number of hydrogen-bond donors (Lipinski definition) is 0. The van der Waals surface area contributed by atoms with E-state index >= 15 is 0 Å². The standard InChI is InChI=1S/C28H27N3O3S2/c1-3-13-33-22-11-12-24(19(2)15-22)26-20(17-31(29-26)21-8-5-4-6-9-21)16-25-27(32)30(28(35)36-25)18-23-10-7-14-34-23/h3-6,8-9,11-12,15-17,23H,1,7,10,13-14,18H2,2H3/b25-16-. The van der Waals surface area contributed by atoms with Crippen molar-refractivity contribution in [2.24, 2.45) is 0 Å². The van der Waals surface area contributed by atoms with E-state index in [-0.39, 0.29) is 12.0 Å². The van der Waals surface area contributed by atoms with Gasteiger partial charge in [-0.25, -0.2) is 4.68 Å². The van der Waals surface area contributed by atoms with E-state index in [1.54, 1.807) is 11.0 Å². The number of aromatic nitrogens is 2. The van der Waals surface area contributed by atoms with E-state index in [0.29, 0.717) is 22.4 Å². The number of thiocarbonyl (C=S) groups is 1. The van der Waals surface area contributed by atoms with Crippen LogP contribution in [0.5, 0.6) is 5.75 Å². The van der Waals surface area contributed by atoms with E-state index in [0.717, 1.165) is 53.3 Å². The second-order valence-electron chi connectivity index (χ2n) is 8.72. The molecule has 0 spiro atoms. The highest BCUT2D eigenvalue weighted by Gasteiger charge is 2.35. The van der Waals surface area contributed by atoms with Gasteiger partial charge in [0.2, 0.25) is 0 Å². The van der Waals surface area contributed by atoms with E-state index in [9.17, 15) is 4.79 Å². The van der Waals surface area contributed by atoms with Gasteiger partial charge in [-0.05, 0) is 61.7 Å². The molecule has 0 N–H and O–H groups in total. The molecule has 2 fully saturated rings. The van der Waals surface area contributed by atoms with Gasteiger partial charge < -0.3 is 9.47 Å². The fourth-order valence-electron chi connectivity index (χ4n) is 4.35. The number of ether oxygens (including phenoxy) is 2. The molecule has 36 heavy (non-hydrogen) atoms. The van der Waals surface area contributed by atoms with Crippen molar-refractivity contribution in [3.8, 4) is 22.7 Å². The molecule has 2 saturated heterocycles. The topological polar surface area (TPSA) is 56.6 Å². The molecule has 0 radical (unpaired) electrons. The zero-order valence-electron chi connectivity index (χ0n) is 20.1. The minimum Gasteiger partial charge on any atom is -0.490 e. The van der Waals surface area contributed by atoms with Crippen LogP contribution in [-0.4, -0.2) is 50.8 Å². The Morgan fingerprint density at radius 1 is 1.28 bits per heavy atom. The van der Waals surface area contributed by atoms with Crippen LogP contribution in [-0.2, 0) is 9.53 Å². The lowest BCUT2D eigenvalue weighted by Gasteiger charge is -2.18. The summed E-state index contributed by atoms with van der Waals surface area (Å²) in [6, 6.07) is 15.9. The van der Waals surface area contributed by atoms with Crippen LogP contribution in [0.25, 0.3) is 23.0 Å². The maximum absolute atomic E-state index is 13.3. The van der Waals surface area contributed by atoms with Crippen LogP contribution in [0.3, 0.4) is 0 Å². The smallest absolute Gasteiger partial charge is 0.266 e. The fourth-order valence-corrected chi connectivity index (χ4v) is 5.62. The van der Waals surface area contributed by atoms with E-state index in [1.807, 2.05) is 72.4 Å². The van der Waals surface area contributed by atoms with Gasteiger partial charge in [0.25, 0.3) is 5.91 Å². The molecule has 8 heteroatoms. The second kappa shape index (κ2) is 10.8. The summed E-state index contributed by atoms with van der Waals surface area (Å²) in [4.78, 5) is 15.5. The van der Waals surface area contributed by atoms with Crippen molar-refractivity contribution in [2.75, 3.05) is 19.8 Å². The molecular formula is C28H27N3O3S2. The minimum absolute atomic E-state index is 0.0488. The van der Waals surface area contributed by atoms with Crippen molar-refractivity contribution in [3.63, 3.8) is 0 Å². The molecule has 0 bridgehead atoms. The highest BCUT2D eigenvalue weighted by Crippen LogP contribution is 2.36. The predicted octanol–water partition coefficient (Wildman–Crippen LogP) is 5.79. The van der Waals surface area contributed by atoms with Crippen molar-refractivity contribution >= 4 is 40.3 Å². The van der Waals surface area contributed by atoms with Crippen molar-refractivity contribution in [1.29, 1.82) is 0 Å². The Morgan fingerprint density at radius 3 is 2.83 bits per heavy atom. The van der Waals surface area contributed by atoms with E-state index in [1.165, 1.54) is 11.8 Å². The molecular weight excluding hydrogens is 490 g/mol. The molecule has 1 atom stereocenters. The summed E-state index contributed by atoms with van der Waals surface area (Å²) >= 11 is 6.88. The first-order valence-corrected chi connectivity index (χ1v) is 13.1. The van der Waals surface area contributed by atoms with Crippen molar-refractivity contribution in [2.45, 2.75) is 25.9 Å². The van der Waals surface area contributed by atoms with Gasteiger partial charge in [-0.15, -0.1) is 0 Å². The first kappa shape index (κ1) is 24.5. The number of nitrogens with zero attached hydrogens (tertiary/aromatic N) is 3.